The number of hydrogen-bond donors (Lipinski definition) is 2. The van der Waals surface area contributed by atoms with Gasteiger partial charge in [0.2, 0.25) is 0 Å². The number of nitrogens with one attached hydrogen (secondary N) is 1. The van der Waals surface area contributed by atoms with Crippen LogP contribution in [0.2, 0.25) is 0 Å². The first-order valence-electron chi connectivity index (χ1n) is 6.81. The number of hydrogen-bond acceptors (Lipinski definition) is 5. The van der Waals surface area contributed by atoms with Crippen molar-refractivity contribution in [2.75, 3.05) is 19.0 Å². The van der Waals surface area contributed by atoms with Crippen LogP contribution < -0.4 is 10.1 Å². The van der Waals surface area contributed by atoms with Gasteiger partial charge in [-0.05, 0) is 36.8 Å². The first-order chi connectivity index (χ1) is 10.5. The molecule has 0 saturated heterocycles. The lowest BCUT2D eigenvalue weighted by Gasteiger charge is -2.19. The molecule has 1 atom stereocenters. The Morgan fingerprint density at radius 3 is 2.68 bits per heavy atom. The van der Waals surface area contributed by atoms with Gasteiger partial charge in [-0.2, -0.15) is 0 Å². The van der Waals surface area contributed by atoms with Crippen LogP contribution in [0.25, 0.3) is 0 Å². The van der Waals surface area contributed by atoms with Crippen LogP contribution in [0, 0.1) is 17.0 Å². The average Bonchev–Trinajstić information content (AvgIpc) is 2.52. The topological polar surface area (TPSA) is 84.6 Å². The summed E-state index contributed by atoms with van der Waals surface area (Å²) in [5, 5.41) is 23.6. The number of nitro benzene ring substituents is 1. The van der Waals surface area contributed by atoms with Crippen molar-refractivity contribution in [3.05, 3.63) is 63.7 Å². The van der Waals surface area contributed by atoms with Crippen molar-refractivity contribution in [3.8, 4) is 5.75 Å². The molecule has 2 N–H and O–H groups in total. The van der Waals surface area contributed by atoms with Crippen LogP contribution in [0.15, 0.2) is 42.5 Å². The number of aliphatic hydroxyl groups excluding tert-OH is 1. The Morgan fingerprint density at radius 2 is 2.09 bits per heavy atom. The largest absolute Gasteiger partial charge is 0.497 e. The minimum absolute atomic E-state index is 0.0764. The zero-order chi connectivity index (χ0) is 16.1. The first kappa shape index (κ1) is 15.8. The molecule has 0 saturated carbocycles. The normalized spacial score (nSPS) is 11.8. The highest BCUT2D eigenvalue weighted by molar-refractivity contribution is 5.54. The van der Waals surface area contributed by atoms with E-state index in [0.717, 1.165) is 5.56 Å². The molecule has 22 heavy (non-hydrogen) atoms. The van der Waals surface area contributed by atoms with Crippen molar-refractivity contribution < 1.29 is 14.8 Å². The number of nitro groups is 1. The van der Waals surface area contributed by atoms with Crippen LogP contribution in [0.5, 0.6) is 5.75 Å². The maximum Gasteiger partial charge on any atom is 0.272 e. The second-order valence-electron chi connectivity index (χ2n) is 4.91. The van der Waals surface area contributed by atoms with Crippen molar-refractivity contribution in [3.63, 3.8) is 0 Å². The zero-order valence-electron chi connectivity index (χ0n) is 12.4. The quantitative estimate of drug-likeness (QED) is 0.633. The summed E-state index contributed by atoms with van der Waals surface area (Å²) < 4.78 is 5.18. The Kier molecular flexibility index (Phi) is 4.95. The van der Waals surface area contributed by atoms with Crippen LogP contribution in [0.1, 0.15) is 17.2 Å². The molecular formula is C16H18N2O4. The third-order valence-electron chi connectivity index (χ3n) is 3.41. The van der Waals surface area contributed by atoms with E-state index in [0.29, 0.717) is 17.0 Å². The lowest BCUT2D eigenvalue weighted by Crippen LogP contribution is -2.15. The summed E-state index contributed by atoms with van der Waals surface area (Å²) in [6, 6.07) is 11.9. The summed E-state index contributed by atoms with van der Waals surface area (Å²) in [5.41, 5.74) is 2.23. The summed E-state index contributed by atoms with van der Waals surface area (Å²) in [4.78, 5) is 10.4. The Labute approximate surface area is 128 Å². The highest BCUT2D eigenvalue weighted by Gasteiger charge is 2.14. The number of aliphatic hydroxyl groups is 1. The van der Waals surface area contributed by atoms with E-state index in [-0.39, 0.29) is 18.3 Å². The van der Waals surface area contributed by atoms with Gasteiger partial charge in [0.15, 0.2) is 0 Å². The smallest absolute Gasteiger partial charge is 0.272 e. The van der Waals surface area contributed by atoms with Crippen molar-refractivity contribution in [1.29, 1.82) is 0 Å². The van der Waals surface area contributed by atoms with E-state index >= 15 is 0 Å². The minimum atomic E-state index is -0.412. The third-order valence-corrected chi connectivity index (χ3v) is 3.41. The molecule has 0 bridgehead atoms. The Bertz CT molecular complexity index is 673. The van der Waals surface area contributed by atoms with Crippen LogP contribution in [0.3, 0.4) is 0 Å². The van der Waals surface area contributed by atoms with Gasteiger partial charge in [-0.3, -0.25) is 10.1 Å². The highest BCUT2D eigenvalue weighted by atomic mass is 16.6. The first-order valence-corrected chi connectivity index (χ1v) is 6.81. The van der Waals surface area contributed by atoms with E-state index in [2.05, 4.69) is 5.32 Å². The molecule has 0 aromatic heterocycles. The predicted octanol–water partition coefficient (Wildman–Crippen LogP) is 3.06. The lowest BCUT2D eigenvalue weighted by molar-refractivity contribution is -0.385. The predicted molar refractivity (Wildman–Crippen MR) is 84.3 cm³/mol. The van der Waals surface area contributed by atoms with E-state index in [1.54, 1.807) is 26.2 Å². The van der Waals surface area contributed by atoms with Crippen molar-refractivity contribution in [2.24, 2.45) is 0 Å². The zero-order valence-corrected chi connectivity index (χ0v) is 12.4. The molecule has 0 aliphatic carbocycles. The van der Waals surface area contributed by atoms with E-state index in [9.17, 15) is 15.2 Å². The van der Waals surface area contributed by atoms with E-state index in [4.69, 9.17) is 4.74 Å². The molecule has 0 radical (unpaired) electrons. The van der Waals surface area contributed by atoms with Gasteiger partial charge in [0.1, 0.15) is 5.75 Å². The number of benzene rings is 2. The molecule has 0 amide bonds. The molecule has 0 fully saturated rings. The molecule has 6 nitrogen and oxygen atoms in total. The molecule has 2 aromatic carbocycles. The second-order valence-corrected chi connectivity index (χ2v) is 4.91. The standard InChI is InChI=1S/C16H18N2O4/c1-11-8-13(6-7-16(11)18(20)21)17-15(10-19)12-4-3-5-14(9-12)22-2/h3-9,15,17,19H,10H2,1-2H3/t15-/m0/s1. The fourth-order valence-electron chi connectivity index (χ4n) is 2.24. The summed E-state index contributed by atoms with van der Waals surface area (Å²) in [7, 11) is 1.58. The average molecular weight is 302 g/mol. The molecular weight excluding hydrogens is 284 g/mol. The number of aryl methyl sites for hydroxylation is 1. The van der Waals surface area contributed by atoms with Crippen LogP contribution in [-0.2, 0) is 0 Å². The molecule has 116 valence electrons. The van der Waals surface area contributed by atoms with E-state index in [1.807, 2.05) is 24.3 Å². The molecule has 0 aliphatic heterocycles. The van der Waals surface area contributed by atoms with Crippen LogP contribution >= 0.6 is 0 Å². The molecule has 0 unspecified atom stereocenters. The molecule has 0 heterocycles. The Balaban J connectivity index is 2.23. The Hall–Kier alpha value is -2.60. The van der Waals surface area contributed by atoms with Crippen LogP contribution in [-0.4, -0.2) is 23.7 Å². The summed E-state index contributed by atoms with van der Waals surface area (Å²) >= 11 is 0. The summed E-state index contributed by atoms with van der Waals surface area (Å²) in [6.45, 7) is 1.58. The van der Waals surface area contributed by atoms with E-state index in [1.165, 1.54) is 6.07 Å². The van der Waals surface area contributed by atoms with E-state index < -0.39 is 4.92 Å². The fourth-order valence-corrected chi connectivity index (χ4v) is 2.24. The number of methoxy groups -OCH3 is 1. The second kappa shape index (κ2) is 6.91. The van der Waals surface area contributed by atoms with Gasteiger partial charge in [0.05, 0.1) is 24.7 Å². The lowest BCUT2D eigenvalue weighted by atomic mass is 10.1. The van der Waals surface area contributed by atoms with Gasteiger partial charge in [0.25, 0.3) is 5.69 Å². The summed E-state index contributed by atoms with van der Waals surface area (Å²) in [5.74, 6) is 0.706. The summed E-state index contributed by atoms with van der Waals surface area (Å²) in [6.07, 6.45) is 0. The minimum Gasteiger partial charge on any atom is -0.497 e. The van der Waals surface area contributed by atoms with Gasteiger partial charge in [0, 0.05) is 17.3 Å². The molecule has 0 spiro atoms. The highest BCUT2D eigenvalue weighted by Crippen LogP contribution is 2.26. The number of ether oxygens (including phenoxy) is 1. The van der Waals surface area contributed by atoms with Gasteiger partial charge in [-0.15, -0.1) is 0 Å². The Morgan fingerprint density at radius 1 is 1.32 bits per heavy atom. The maximum absolute atomic E-state index is 10.8. The number of rotatable bonds is 6. The van der Waals surface area contributed by atoms with Gasteiger partial charge >= 0.3 is 0 Å². The fraction of sp³-hybridized carbons (Fsp3) is 0.250. The third kappa shape index (κ3) is 3.53. The van der Waals surface area contributed by atoms with Gasteiger partial charge < -0.3 is 15.2 Å². The van der Waals surface area contributed by atoms with Crippen LogP contribution in [0.4, 0.5) is 11.4 Å². The molecule has 0 aliphatic rings. The number of nitrogens with zero attached hydrogens (tertiary/aromatic N) is 1. The monoisotopic (exact) mass is 302 g/mol. The van der Waals surface area contributed by atoms with Crippen molar-refractivity contribution in [1.82, 2.24) is 0 Å². The SMILES string of the molecule is COc1cccc([C@H](CO)Nc2ccc([N+](=O)[O-])c(C)c2)c1. The molecule has 2 rings (SSSR count). The van der Waals surface area contributed by atoms with Gasteiger partial charge in [-0.25, -0.2) is 0 Å². The maximum atomic E-state index is 10.8. The molecule has 6 heteroatoms. The number of anilines is 1. The van der Waals surface area contributed by atoms with Gasteiger partial charge in [-0.1, -0.05) is 12.1 Å². The molecule has 2 aromatic rings. The van der Waals surface area contributed by atoms with Crippen molar-refractivity contribution >= 4 is 11.4 Å². The van der Waals surface area contributed by atoms with Crippen molar-refractivity contribution in [2.45, 2.75) is 13.0 Å².